The predicted molar refractivity (Wildman–Crippen MR) is 68.7 cm³/mol. The number of nitrogens with zero attached hydrogens (tertiary/aromatic N) is 1. The molecule has 0 aromatic carbocycles. The van der Waals surface area contributed by atoms with Gasteiger partial charge in [-0.3, -0.25) is 4.79 Å². The average Bonchev–Trinajstić information content (AvgIpc) is 2.35. The number of rotatable bonds is 5. The van der Waals surface area contributed by atoms with Gasteiger partial charge in [0.25, 0.3) is 0 Å². The minimum absolute atomic E-state index is 0.0238. The van der Waals surface area contributed by atoms with E-state index in [0.29, 0.717) is 5.92 Å². The van der Waals surface area contributed by atoms with Crippen molar-refractivity contribution in [1.29, 1.82) is 0 Å². The number of carbonyl (C=O) groups is 1. The lowest BCUT2D eigenvalue weighted by Crippen LogP contribution is -2.39. The highest BCUT2D eigenvalue weighted by Gasteiger charge is 2.31. The van der Waals surface area contributed by atoms with E-state index >= 15 is 0 Å². The Morgan fingerprint density at radius 3 is 2.56 bits per heavy atom. The molecule has 1 aliphatic heterocycles. The van der Waals surface area contributed by atoms with Crippen molar-refractivity contribution in [2.45, 2.75) is 19.8 Å². The van der Waals surface area contributed by atoms with Gasteiger partial charge < -0.3 is 9.64 Å². The number of likely N-dealkylation sites (tertiary alicyclic amines) is 1. The number of carbonyl (C=O) groups excluding carboxylic acids is 1. The summed E-state index contributed by atoms with van der Waals surface area (Å²) in [6.07, 6.45) is 4.32. The molecule has 4 heteroatoms. The van der Waals surface area contributed by atoms with Crippen molar-refractivity contribution in [2.75, 3.05) is 38.8 Å². The number of esters is 1. The normalized spacial score (nSPS) is 20.7. The van der Waals surface area contributed by atoms with Crippen LogP contribution >= 0.6 is 11.8 Å². The number of ether oxygens (including phenoxy) is 1. The van der Waals surface area contributed by atoms with Gasteiger partial charge in [-0.25, -0.2) is 0 Å². The van der Waals surface area contributed by atoms with E-state index in [4.69, 9.17) is 4.74 Å². The van der Waals surface area contributed by atoms with E-state index in [1.165, 1.54) is 7.11 Å². The fourth-order valence-electron chi connectivity index (χ4n) is 2.40. The summed E-state index contributed by atoms with van der Waals surface area (Å²) in [6, 6.07) is 0. The van der Waals surface area contributed by atoms with Gasteiger partial charge in [0.2, 0.25) is 0 Å². The van der Waals surface area contributed by atoms with Crippen LogP contribution < -0.4 is 0 Å². The lowest BCUT2D eigenvalue weighted by atomic mass is 9.85. The summed E-state index contributed by atoms with van der Waals surface area (Å²) < 4.78 is 4.91. The lowest BCUT2D eigenvalue weighted by Gasteiger charge is -2.34. The summed E-state index contributed by atoms with van der Waals surface area (Å²) in [5.41, 5.74) is 0. The summed E-state index contributed by atoms with van der Waals surface area (Å²) in [5, 5.41) is 0. The molecule has 16 heavy (non-hydrogen) atoms. The maximum Gasteiger partial charge on any atom is 0.309 e. The van der Waals surface area contributed by atoms with Gasteiger partial charge in [-0.15, -0.1) is 0 Å². The van der Waals surface area contributed by atoms with Gasteiger partial charge >= 0.3 is 5.97 Å². The summed E-state index contributed by atoms with van der Waals surface area (Å²) in [4.78, 5) is 14.2. The Hall–Kier alpha value is -0.220. The molecule has 1 rings (SSSR count). The van der Waals surface area contributed by atoms with E-state index in [9.17, 15) is 4.79 Å². The highest BCUT2D eigenvalue weighted by atomic mass is 32.2. The third kappa shape index (κ3) is 3.67. The first kappa shape index (κ1) is 13.8. The van der Waals surface area contributed by atoms with E-state index in [1.54, 1.807) is 11.8 Å². The first-order valence-corrected chi connectivity index (χ1v) is 7.41. The van der Waals surface area contributed by atoms with Crippen molar-refractivity contribution >= 4 is 17.7 Å². The molecule has 0 N–H and O–H groups in total. The van der Waals surface area contributed by atoms with Crippen LogP contribution in [-0.2, 0) is 9.53 Å². The third-order valence-corrected chi connectivity index (χ3v) is 4.19. The molecule has 1 aliphatic rings. The molecular formula is C12H23NO2S. The van der Waals surface area contributed by atoms with E-state index in [2.05, 4.69) is 18.1 Å². The van der Waals surface area contributed by atoms with E-state index in [0.717, 1.165) is 38.2 Å². The van der Waals surface area contributed by atoms with Crippen molar-refractivity contribution < 1.29 is 9.53 Å². The lowest BCUT2D eigenvalue weighted by molar-refractivity contribution is -0.147. The average molecular weight is 245 g/mol. The van der Waals surface area contributed by atoms with Crippen LogP contribution in [0.1, 0.15) is 19.8 Å². The Morgan fingerprint density at radius 1 is 1.50 bits per heavy atom. The third-order valence-electron chi connectivity index (χ3n) is 3.50. The maximum absolute atomic E-state index is 11.7. The molecule has 0 spiro atoms. The van der Waals surface area contributed by atoms with Crippen LogP contribution in [0.2, 0.25) is 0 Å². The second-order valence-corrected chi connectivity index (χ2v) is 5.27. The highest BCUT2D eigenvalue weighted by Crippen LogP contribution is 2.28. The van der Waals surface area contributed by atoms with Gasteiger partial charge in [-0.05, 0) is 44.6 Å². The molecule has 0 aromatic heterocycles. The molecule has 1 unspecified atom stereocenters. The number of piperidine rings is 1. The molecule has 0 saturated carbocycles. The molecule has 1 fully saturated rings. The minimum Gasteiger partial charge on any atom is -0.469 e. The molecule has 1 atom stereocenters. The van der Waals surface area contributed by atoms with Gasteiger partial charge in [0.1, 0.15) is 0 Å². The smallest absolute Gasteiger partial charge is 0.309 e. The number of hydrogen-bond acceptors (Lipinski definition) is 4. The van der Waals surface area contributed by atoms with Crippen LogP contribution in [0.25, 0.3) is 0 Å². The number of thioether (sulfide) groups is 1. The molecule has 0 radical (unpaired) electrons. The summed E-state index contributed by atoms with van der Waals surface area (Å²) in [7, 11) is 1.50. The van der Waals surface area contributed by atoms with Crippen molar-refractivity contribution in [2.24, 2.45) is 11.8 Å². The fraction of sp³-hybridized carbons (Fsp3) is 0.917. The van der Waals surface area contributed by atoms with E-state index in [1.807, 2.05) is 0 Å². The Morgan fingerprint density at radius 2 is 2.12 bits per heavy atom. The molecule has 0 aromatic rings. The van der Waals surface area contributed by atoms with Crippen molar-refractivity contribution in [3.05, 3.63) is 0 Å². The van der Waals surface area contributed by atoms with Crippen LogP contribution in [0, 0.1) is 11.8 Å². The molecular weight excluding hydrogens is 222 g/mol. The Balaban J connectivity index is 2.49. The van der Waals surface area contributed by atoms with Crippen LogP contribution in [-0.4, -0.2) is 49.6 Å². The topological polar surface area (TPSA) is 29.5 Å². The SMILES string of the molecule is CCN1CCC(C(CSC)C(=O)OC)CC1. The number of hydrogen-bond donors (Lipinski definition) is 0. The Kier molecular flexibility index (Phi) is 6.21. The van der Waals surface area contributed by atoms with Gasteiger partial charge in [0.05, 0.1) is 13.0 Å². The van der Waals surface area contributed by atoms with Crippen LogP contribution in [0.15, 0.2) is 0 Å². The second kappa shape index (κ2) is 7.17. The predicted octanol–water partition coefficient (Wildman–Crippen LogP) is 1.87. The zero-order chi connectivity index (χ0) is 12.0. The summed E-state index contributed by atoms with van der Waals surface area (Å²) in [5.74, 6) is 1.48. The Labute approximate surface area is 103 Å². The van der Waals surface area contributed by atoms with Crippen molar-refractivity contribution in [1.82, 2.24) is 4.90 Å². The van der Waals surface area contributed by atoms with E-state index < -0.39 is 0 Å². The molecule has 3 nitrogen and oxygen atoms in total. The highest BCUT2D eigenvalue weighted by molar-refractivity contribution is 7.98. The molecule has 94 valence electrons. The molecule has 0 bridgehead atoms. The van der Waals surface area contributed by atoms with Gasteiger partial charge in [0, 0.05) is 5.75 Å². The summed E-state index contributed by atoms with van der Waals surface area (Å²) >= 11 is 1.74. The fourth-order valence-corrected chi connectivity index (χ4v) is 3.17. The molecule has 0 aliphatic carbocycles. The minimum atomic E-state index is -0.0238. The molecule has 1 heterocycles. The van der Waals surface area contributed by atoms with Gasteiger partial charge in [0.15, 0.2) is 0 Å². The standard InChI is InChI=1S/C12H23NO2S/c1-4-13-7-5-10(6-8-13)11(9-16-3)12(14)15-2/h10-11H,4-9H2,1-3H3. The molecule has 0 amide bonds. The zero-order valence-electron chi connectivity index (χ0n) is 10.6. The first-order valence-electron chi connectivity index (χ1n) is 6.02. The van der Waals surface area contributed by atoms with Gasteiger partial charge in [-0.2, -0.15) is 11.8 Å². The van der Waals surface area contributed by atoms with Crippen LogP contribution in [0.4, 0.5) is 0 Å². The molecule has 1 saturated heterocycles. The van der Waals surface area contributed by atoms with Crippen molar-refractivity contribution in [3.63, 3.8) is 0 Å². The maximum atomic E-state index is 11.7. The second-order valence-electron chi connectivity index (χ2n) is 4.36. The zero-order valence-corrected chi connectivity index (χ0v) is 11.4. The first-order chi connectivity index (χ1) is 7.72. The monoisotopic (exact) mass is 245 g/mol. The van der Waals surface area contributed by atoms with E-state index in [-0.39, 0.29) is 11.9 Å². The number of methoxy groups -OCH3 is 1. The summed E-state index contributed by atoms with van der Waals surface area (Å²) in [6.45, 7) is 5.57. The van der Waals surface area contributed by atoms with Gasteiger partial charge in [-0.1, -0.05) is 6.92 Å². The largest absolute Gasteiger partial charge is 0.469 e. The Bertz CT molecular complexity index is 215. The quantitative estimate of drug-likeness (QED) is 0.692. The van der Waals surface area contributed by atoms with Crippen LogP contribution in [0.3, 0.4) is 0 Å². The van der Waals surface area contributed by atoms with Crippen molar-refractivity contribution in [3.8, 4) is 0 Å². The van der Waals surface area contributed by atoms with Crippen LogP contribution in [0.5, 0.6) is 0 Å².